The van der Waals surface area contributed by atoms with Crippen LogP contribution in [0.25, 0.3) is 0 Å². The van der Waals surface area contributed by atoms with Gasteiger partial charge in [0.15, 0.2) is 0 Å². The van der Waals surface area contributed by atoms with Crippen molar-refractivity contribution in [3.63, 3.8) is 0 Å². The number of aliphatic carboxylic acids is 1. The first kappa shape index (κ1) is 14.3. The number of carbonyl (C=O) groups is 1. The number of rotatable bonds is 4. The lowest BCUT2D eigenvalue weighted by Gasteiger charge is -2.22. The largest absolute Gasteiger partial charge is 0.497 e. The molecule has 1 aromatic rings. The molecule has 1 N–H and O–H groups in total. The Morgan fingerprint density at radius 3 is 2.48 bits per heavy atom. The Hall–Kier alpha value is -1.60. The van der Waals surface area contributed by atoms with Crippen molar-refractivity contribution in [2.45, 2.75) is 36.2 Å². The number of hydrogen-bond donors (Lipinski definition) is 1. The van der Waals surface area contributed by atoms with Crippen molar-refractivity contribution < 1.29 is 23.1 Å². The van der Waals surface area contributed by atoms with Gasteiger partial charge in [-0.3, -0.25) is 4.79 Å². The van der Waals surface area contributed by atoms with E-state index < -0.39 is 28.0 Å². The standard InChI is InChI=1S/C14H17NO5S/c1-20-10-3-5-11(6-4-10)21(18,19)15-9-2-7-13(15)12(8-9)14(16)17/h3-6,9,12-13H,2,7-8H2,1H3,(H,16,17). The van der Waals surface area contributed by atoms with Gasteiger partial charge in [-0.05, 0) is 43.5 Å². The molecule has 1 aromatic carbocycles. The highest BCUT2D eigenvalue weighted by Gasteiger charge is 2.54. The Labute approximate surface area is 123 Å². The lowest BCUT2D eigenvalue weighted by molar-refractivity contribution is -0.142. The molecule has 2 aliphatic rings. The van der Waals surface area contributed by atoms with E-state index in [1.807, 2.05) is 0 Å². The monoisotopic (exact) mass is 311 g/mol. The number of nitrogens with zero attached hydrogens (tertiary/aromatic N) is 1. The minimum absolute atomic E-state index is 0.186. The molecule has 0 spiro atoms. The van der Waals surface area contributed by atoms with Crippen molar-refractivity contribution in [2.75, 3.05) is 7.11 Å². The van der Waals surface area contributed by atoms with Gasteiger partial charge >= 0.3 is 5.97 Å². The molecule has 6 nitrogen and oxygen atoms in total. The van der Waals surface area contributed by atoms with Crippen LogP contribution in [0.4, 0.5) is 0 Å². The Morgan fingerprint density at radius 1 is 1.29 bits per heavy atom. The van der Waals surface area contributed by atoms with Crippen molar-refractivity contribution in [1.29, 1.82) is 0 Å². The van der Waals surface area contributed by atoms with Crippen LogP contribution in [0.15, 0.2) is 29.2 Å². The average molecular weight is 311 g/mol. The highest BCUT2D eigenvalue weighted by Crippen LogP contribution is 2.45. The Kier molecular flexibility index (Phi) is 3.41. The summed E-state index contributed by atoms with van der Waals surface area (Å²) in [6, 6.07) is 5.59. The molecule has 3 unspecified atom stereocenters. The van der Waals surface area contributed by atoms with Crippen LogP contribution in [0.2, 0.25) is 0 Å². The summed E-state index contributed by atoms with van der Waals surface area (Å²) in [5.41, 5.74) is 0. The second-order valence-electron chi connectivity index (χ2n) is 5.49. The first-order valence-corrected chi connectivity index (χ1v) is 8.29. The molecule has 3 atom stereocenters. The normalized spacial score (nSPS) is 28.7. The zero-order valence-corrected chi connectivity index (χ0v) is 12.4. The van der Waals surface area contributed by atoms with E-state index in [4.69, 9.17) is 4.74 Å². The summed E-state index contributed by atoms with van der Waals surface area (Å²) >= 11 is 0. The highest BCUT2D eigenvalue weighted by atomic mass is 32.2. The molecule has 0 aliphatic carbocycles. The molecule has 2 fully saturated rings. The molecule has 2 saturated heterocycles. The fraction of sp³-hybridized carbons (Fsp3) is 0.500. The first-order chi connectivity index (χ1) is 9.95. The van der Waals surface area contributed by atoms with Gasteiger partial charge < -0.3 is 9.84 Å². The van der Waals surface area contributed by atoms with Crippen LogP contribution in [-0.2, 0) is 14.8 Å². The summed E-state index contributed by atoms with van der Waals surface area (Å²) in [6.45, 7) is 0. The summed E-state index contributed by atoms with van der Waals surface area (Å²) in [5.74, 6) is -0.907. The van der Waals surface area contributed by atoms with Crippen molar-refractivity contribution >= 4 is 16.0 Å². The van der Waals surface area contributed by atoms with Gasteiger partial charge in [-0.1, -0.05) is 0 Å². The second kappa shape index (κ2) is 4.99. The molecule has 0 amide bonds. The van der Waals surface area contributed by atoms with Crippen LogP contribution in [0, 0.1) is 5.92 Å². The van der Waals surface area contributed by atoms with E-state index in [0.717, 1.165) is 6.42 Å². The fourth-order valence-electron chi connectivity index (χ4n) is 3.45. The minimum atomic E-state index is -3.65. The van der Waals surface area contributed by atoms with Gasteiger partial charge in [0, 0.05) is 12.1 Å². The van der Waals surface area contributed by atoms with Crippen LogP contribution in [0.1, 0.15) is 19.3 Å². The topological polar surface area (TPSA) is 83.9 Å². The number of hydrogen-bond acceptors (Lipinski definition) is 4. The van der Waals surface area contributed by atoms with Crippen LogP contribution in [0.5, 0.6) is 5.75 Å². The molecule has 0 saturated carbocycles. The van der Waals surface area contributed by atoms with Crippen LogP contribution in [-0.4, -0.2) is 43.0 Å². The van der Waals surface area contributed by atoms with Gasteiger partial charge in [0.1, 0.15) is 5.75 Å². The summed E-state index contributed by atoms with van der Waals surface area (Å²) in [5, 5.41) is 9.22. The lowest BCUT2D eigenvalue weighted by atomic mass is 9.89. The Balaban J connectivity index is 1.93. The van der Waals surface area contributed by atoms with Crippen molar-refractivity contribution in [3.8, 4) is 5.75 Å². The third-order valence-electron chi connectivity index (χ3n) is 4.42. The molecule has 2 bridgehead atoms. The maximum atomic E-state index is 12.8. The van der Waals surface area contributed by atoms with E-state index in [2.05, 4.69) is 0 Å². The first-order valence-electron chi connectivity index (χ1n) is 6.85. The second-order valence-corrected chi connectivity index (χ2v) is 7.33. The van der Waals surface area contributed by atoms with E-state index in [1.165, 1.54) is 23.5 Å². The fourth-order valence-corrected chi connectivity index (χ4v) is 5.36. The zero-order valence-electron chi connectivity index (χ0n) is 11.6. The van der Waals surface area contributed by atoms with E-state index in [-0.39, 0.29) is 10.9 Å². The van der Waals surface area contributed by atoms with Gasteiger partial charge in [0.2, 0.25) is 10.0 Å². The molecular formula is C14H17NO5S. The van der Waals surface area contributed by atoms with Crippen LogP contribution < -0.4 is 4.74 Å². The van der Waals surface area contributed by atoms with Crippen LogP contribution >= 0.6 is 0 Å². The van der Waals surface area contributed by atoms with Crippen molar-refractivity contribution in [2.24, 2.45) is 5.92 Å². The van der Waals surface area contributed by atoms with Gasteiger partial charge in [0.25, 0.3) is 0 Å². The van der Waals surface area contributed by atoms with Gasteiger partial charge in [0.05, 0.1) is 17.9 Å². The number of carboxylic acids is 1. The quantitative estimate of drug-likeness (QED) is 0.906. The SMILES string of the molecule is COc1ccc(S(=O)(=O)N2C3CCC2C(C(=O)O)C3)cc1. The highest BCUT2D eigenvalue weighted by molar-refractivity contribution is 7.89. The number of methoxy groups -OCH3 is 1. The van der Waals surface area contributed by atoms with E-state index in [0.29, 0.717) is 18.6 Å². The van der Waals surface area contributed by atoms with Crippen molar-refractivity contribution in [3.05, 3.63) is 24.3 Å². The maximum Gasteiger partial charge on any atom is 0.308 e. The predicted molar refractivity (Wildman–Crippen MR) is 74.6 cm³/mol. The molecule has 3 rings (SSSR count). The maximum absolute atomic E-state index is 12.8. The number of benzene rings is 1. The number of sulfonamides is 1. The van der Waals surface area contributed by atoms with E-state index >= 15 is 0 Å². The number of ether oxygens (including phenoxy) is 1. The third-order valence-corrected chi connectivity index (χ3v) is 6.42. The summed E-state index contributed by atoms with van der Waals surface area (Å²) in [4.78, 5) is 11.4. The van der Waals surface area contributed by atoms with E-state index in [9.17, 15) is 18.3 Å². The third kappa shape index (κ3) is 2.20. The molecular weight excluding hydrogens is 294 g/mol. The van der Waals surface area contributed by atoms with E-state index in [1.54, 1.807) is 12.1 Å². The Morgan fingerprint density at radius 2 is 1.95 bits per heavy atom. The molecule has 2 heterocycles. The summed E-state index contributed by atoms with van der Waals surface area (Å²) in [7, 11) is -2.14. The summed E-state index contributed by atoms with van der Waals surface area (Å²) < 4.78 is 31.9. The van der Waals surface area contributed by atoms with Gasteiger partial charge in [-0.15, -0.1) is 0 Å². The predicted octanol–water partition coefficient (Wildman–Crippen LogP) is 1.32. The molecule has 0 radical (unpaired) electrons. The molecule has 2 aliphatic heterocycles. The van der Waals surface area contributed by atoms with Gasteiger partial charge in [-0.25, -0.2) is 8.42 Å². The minimum Gasteiger partial charge on any atom is -0.497 e. The zero-order chi connectivity index (χ0) is 15.2. The molecule has 21 heavy (non-hydrogen) atoms. The molecule has 0 aromatic heterocycles. The smallest absolute Gasteiger partial charge is 0.308 e. The van der Waals surface area contributed by atoms with Gasteiger partial charge in [-0.2, -0.15) is 4.31 Å². The van der Waals surface area contributed by atoms with Crippen molar-refractivity contribution in [1.82, 2.24) is 4.31 Å². The lowest BCUT2D eigenvalue weighted by Crippen LogP contribution is -2.37. The molecule has 7 heteroatoms. The Bertz CT molecular complexity index is 654. The average Bonchev–Trinajstić information content (AvgIpc) is 3.05. The number of fused-ring (bicyclic) bond motifs is 2. The molecule has 114 valence electrons. The number of carboxylic acid groups (broad SMARTS) is 1. The summed E-state index contributed by atoms with van der Waals surface area (Å²) in [6.07, 6.45) is 1.77. The van der Waals surface area contributed by atoms with Crippen LogP contribution in [0.3, 0.4) is 0 Å².